The number of rotatable bonds is 7. The van der Waals surface area contributed by atoms with Crippen LogP contribution in [0.1, 0.15) is 76.7 Å². The number of aromatic nitrogens is 4. The lowest BCUT2D eigenvalue weighted by Crippen LogP contribution is -2.46. The molecule has 0 radical (unpaired) electrons. The zero-order valence-corrected chi connectivity index (χ0v) is 19.6. The number of unbranched alkanes of at least 4 members (excludes halogenated alkanes) is 1. The zero-order chi connectivity index (χ0) is 23.5. The Morgan fingerprint density at radius 2 is 2.03 bits per heavy atom. The molecule has 4 rings (SSSR count). The molecule has 3 aromatic rings. The number of nitrogens with zero attached hydrogens (tertiary/aromatic N) is 4. The van der Waals surface area contributed by atoms with Gasteiger partial charge in [-0.3, -0.25) is 15.1 Å². The smallest absolute Gasteiger partial charge is 0.259 e. The first-order valence-electron chi connectivity index (χ1n) is 11.9. The molecular weight excluding hydrogens is 414 g/mol. The first-order valence-corrected chi connectivity index (χ1v) is 11.9. The zero-order valence-electron chi connectivity index (χ0n) is 19.6. The summed E-state index contributed by atoms with van der Waals surface area (Å²) < 4.78 is 0. The molecule has 3 atom stereocenters. The summed E-state index contributed by atoms with van der Waals surface area (Å²) in [5.41, 5.74) is 7.66. The largest absolute Gasteiger partial charge is 0.381 e. The number of fused-ring (bicyclic) bond motifs is 1. The first-order chi connectivity index (χ1) is 15.9. The minimum Gasteiger partial charge on any atom is -0.381 e. The van der Waals surface area contributed by atoms with Crippen LogP contribution in [0.25, 0.3) is 22.3 Å². The topological polar surface area (TPSA) is 125 Å². The SMILES string of the molecule is CCCCC(c1cccc2[nH]c(=O)c(-c3ncnc(C(=N)N)n3)cc12)N1C(C)CCCC1C. The van der Waals surface area contributed by atoms with E-state index in [1.165, 1.54) is 31.2 Å². The van der Waals surface area contributed by atoms with Crippen LogP contribution in [-0.4, -0.2) is 42.8 Å². The minimum absolute atomic E-state index is 0.0598. The Morgan fingerprint density at radius 3 is 2.73 bits per heavy atom. The number of hydrogen-bond donors (Lipinski definition) is 3. The standard InChI is InChI=1S/C25H33N7O/c1-4-5-12-21(32-15(2)8-6-9-16(32)3)17-10-7-11-20-18(17)13-19(25(33)30-20)23-28-14-29-24(31-23)22(26)27/h7,10-11,13-16,21H,4-6,8-9,12H2,1-3H3,(H3,26,27)(H,30,33). The lowest BCUT2D eigenvalue weighted by molar-refractivity contribution is 0.0496. The average Bonchev–Trinajstić information content (AvgIpc) is 2.80. The van der Waals surface area contributed by atoms with Crippen molar-refractivity contribution in [3.63, 3.8) is 0 Å². The molecule has 0 aliphatic carbocycles. The van der Waals surface area contributed by atoms with E-state index in [1.54, 1.807) is 0 Å². The fourth-order valence-electron chi connectivity index (χ4n) is 5.18. The molecule has 4 N–H and O–H groups in total. The van der Waals surface area contributed by atoms with Crippen LogP contribution in [0.2, 0.25) is 0 Å². The van der Waals surface area contributed by atoms with Gasteiger partial charge in [-0.2, -0.15) is 0 Å². The fraction of sp³-hybridized carbons (Fsp3) is 0.480. The molecular formula is C25H33N7O. The molecule has 0 saturated carbocycles. The number of amidine groups is 1. The number of aromatic amines is 1. The quantitative estimate of drug-likeness (QED) is 0.369. The van der Waals surface area contributed by atoms with Gasteiger partial charge < -0.3 is 10.7 Å². The molecule has 33 heavy (non-hydrogen) atoms. The van der Waals surface area contributed by atoms with Gasteiger partial charge in [0.1, 0.15) is 6.33 Å². The van der Waals surface area contributed by atoms with Gasteiger partial charge in [0, 0.05) is 29.0 Å². The number of pyridine rings is 1. The second-order valence-corrected chi connectivity index (χ2v) is 9.10. The van der Waals surface area contributed by atoms with Crippen LogP contribution < -0.4 is 11.3 Å². The molecule has 8 heteroatoms. The van der Waals surface area contributed by atoms with Crippen molar-refractivity contribution >= 4 is 16.7 Å². The first kappa shape index (κ1) is 23.0. The molecule has 0 amide bonds. The fourth-order valence-corrected chi connectivity index (χ4v) is 5.18. The predicted octanol–water partition coefficient (Wildman–Crippen LogP) is 4.16. The van der Waals surface area contributed by atoms with Crippen LogP contribution in [0.3, 0.4) is 0 Å². The van der Waals surface area contributed by atoms with Crippen LogP contribution in [0.15, 0.2) is 35.4 Å². The Morgan fingerprint density at radius 1 is 1.27 bits per heavy atom. The monoisotopic (exact) mass is 447 g/mol. The molecule has 174 valence electrons. The molecule has 0 bridgehead atoms. The molecule has 1 fully saturated rings. The number of likely N-dealkylation sites (tertiary alicyclic amines) is 1. The number of nitrogens with two attached hydrogens (primary N) is 1. The van der Waals surface area contributed by atoms with Crippen LogP contribution in [0.4, 0.5) is 0 Å². The number of nitrogen functional groups attached to an aromatic ring is 1. The van der Waals surface area contributed by atoms with Gasteiger partial charge in [-0.1, -0.05) is 38.3 Å². The minimum atomic E-state index is -0.273. The third kappa shape index (κ3) is 4.66. The number of benzene rings is 1. The van der Waals surface area contributed by atoms with Crippen LogP contribution >= 0.6 is 0 Å². The number of H-pyrrole nitrogens is 1. The Labute approximate surface area is 194 Å². The van der Waals surface area contributed by atoms with Crippen molar-refractivity contribution in [2.75, 3.05) is 0 Å². The lowest BCUT2D eigenvalue weighted by atomic mass is 9.88. The summed E-state index contributed by atoms with van der Waals surface area (Å²) in [7, 11) is 0. The molecule has 3 heterocycles. The van der Waals surface area contributed by atoms with Crippen molar-refractivity contribution in [3.05, 3.63) is 52.3 Å². The molecule has 1 aromatic carbocycles. The Balaban J connectivity index is 1.88. The molecule has 0 spiro atoms. The van der Waals surface area contributed by atoms with Crippen LogP contribution in [0.5, 0.6) is 0 Å². The summed E-state index contributed by atoms with van der Waals surface area (Å²) in [4.78, 5) is 31.0. The van der Waals surface area contributed by atoms with Crippen molar-refractivity contribution in [1.82, 2.24) is 24.8 Å². The van der Waals surface area contributed by atoms with E-state index in [2.05, 4.69) is 51.7 Å². The number of hydrogen-bond acceptors (Lipinski definition) is 6. The van der Waals surface area contributed by atoms with E-state index in [-0.39, 0.29) is 29.1 Å². The van der Waals surface area contributed by atoms with Crippen LogP contribution in [0, 0.1) is 5.41 Å². The van der Waals surface area contributed by atoms with Crippen LogP contribution in [-0.2, 0) is 0 Å². The van der Waals surface area contributed by atoms with Crippen molar-refractivity contribution < 1.29 is 0 Å². The maximum absolute atomic E-state index is 12.9. The van der Waals surface area contributed by atoms with Gasteiger partial charge in [-0.15, -0.1) is 0 Å². The number of nitrogens with one attached hydrogen (secondary N) is 2. The molecule has 1 saturated heterocycles. The van der Waals surface area contributed by atoms with E-state index in [9.17, 15) is 4.79 Å². The average molecular weight is 448 g/mol. The normalized spacial score (nSPS) is 20.1. The predicted molar refractivity (Wildman–Crippen MR) is 131 cm³/mol. The van der Waals surface area contributed by atoms with E-state index in [1.807, 2.05) is 18.2 Å². The third-order valence-corrected chi connectivity index (χ3v) is 6.79. The Bertz CT molecular complexity index is 1190. The van der Waals surface area contributed by atoms with E-state index in [0.717, 1.165) is 30.2 Å². The van der Waals surface area contributed by atoms with Crippen molar-refractivity contribution in [1.29, 1.82) is 5.41 Å². The van der Waals surface area contributed by atoms with Gasteiger partial charge in [0.25, 0.3) is 5.56 Å². The van der Waals surface area contributed by atoms with Gasteiger partial charge in [-0.05, 0) is 50.8 Å². The highest BCUT2D eigenvalue weighted by atomic mass is 16.1. The van der Waals surface area contributed by atoms with E-state index in [4.69, 9.17) is 11.1 Å². The van der Waals surface area contributed by atoms with E-state index in [0.29, 0.717) is 17.6 Å². The van der Waals surface area contributed by atoms with Gasteiger partial charge in [0.05, 0.1) is 5.56 Å². The summed E-state index contributed by atoms with van der Waals surface area (Å²) in [6.45, 7) is 6.90. The van der Waals surface area contributed by atoms with E-state index < -0.39 is 0 Å². The molecule has 1 aliphatic rings. The second kappa shape index (κ2) is 9.79. The van der Waals surface area contributed by atoms with Gasteiger partial charge >= 0.3 is 0 Å². The molecule has 1 aliphatic heterocycles. The summed E-state index contributed by atoms with van der Waals surface area (Å²) in [5.74, 6) is 0.0202. The summed E-state index contributed by atoms with van der Waals surface area (Å²) in [6, 6.07) is 9.34. The Hall–Kier alpha value is -3.13. The third-order valence-electron chi connectivity index (χ3n) is 6.79. The van der Waals surface area contributed by atoms with Gasteiger partial charge in [0.15, 0.2) is 17.5 Å². The van der Waals surface area contributed by atoms with Crippen molar-refractivity contribution in [2.45, 2.75) is 77.4 Å². The lowest BCUT2D eigenvalue weighted by Gasteiger charge is -2.45. The molecule has 3 unspecified atom stereocenters. The highest BCUT2D eigenvalue weighted by molar-refractivity contribution is 5.91. The number of piperidine rings is 1. The van der Waals surface area contributed by atoms with E-state index >= 15 is 0 Å². The molecule has 8 nitrogen and oxygen atoms in total. The summed E-state index contributed by atoms with van der Waals surface area (Å²) in [5, 5.41) is 8.62. The van der Waals surface area contributed by atoms with Gasteiger partial charge in [0.2, 0.25) is 0 Å². The van der Waals surface area contributed by atoms with Gasteiger partial charge in [-0.25, -0.2) is 15.0 Å². The molecule has 2 aromatic heterocycles. The van der Waals surface area contributed by atoms with Crippen molar-refractivity contribution in [2.24, 2.45) is 5.73 Å². The second-order valence-electron chi connectivity index (χ2n) is 9.10. The highest BCUT2D eigenvalue weighted by Gasteiger charge is 2.32. The maximum Gasteiger partial charge on any atom is 0.259 e. The summed E-state index contributed by atoms with van der Waals surface area (Å²) in [6.07, 6.45) is 8.32. The summed E-state index contributed by atoms with van der Waals surface area (Å²) >= 11 is 0. The maximum atomic E-state index is 12.9. The Kier molecular flexibility index (Phi) is 6.83. The highest BCUT2D eigenvalue weighted by Crippen LogP contribution is 2.38. The van der Waals surface area contributed by atoms with Crippen molar-refractivity contribution in [3.8, 4) is 11.4 Å².